The Morgan fingerprint density at radius 1 is 1.35 bits per heavy atom. The number of amides is 1. The van der Waals surface area contributed by atoms with E-state index in [9.17, 15) is 4.79 Å². The minimum atomic E-state index is -0.0934. The Morgan fingerprint density at radius 3 is 2.60 bits per heavy atom. The van der Waals surface area contributed by atoms with Crippen LogP contribution in [0.25, 0.3) is 0 Å². The zero-order valence-electron chi connectivity index (χ0n) is 13.0. The summed E-state index contributed by atoms with van der Waals surface area (Å²) in [5.41, 5.74) is 2.41. The molecule has 0 spiro atoms. The van der Waals surface area contributed by atoms with Crippen molar-refractivity contribution in [2.75, 3.05) is 6.54 Å². The normalized spacial score (nSPS) is 23.1. The summed E-state index contributed by atoms with van der Waals surface area (Å²) in [5, 5.41) is 6.50. The molecule has 0 aliphatic carbocycles. The SMILES string of the molecule is Cc1ccc([C@@H](C)NC(=O)C2NCCCC2(C)C)cc1. The minimum Gasteiger partial charge on any atom is -0.348 e. The average molecular weight is 274 g/mol. The molecule has 20 heavy (non-hydrogen) atoms. The van der Waals surface area contributed by atoms with Gasteiger partial charge in [-0.3, -0.25) is 4.79 Å². The van der Waals surface area contributed by atoms with Crippen molar-refractivity contribution in [1.82, 2.24) is 10.6 Å². The molecule has 1 saturated heterocycles. The van der Waals surface area contributed by atoms with Crippen LogP contribution in [0.15, 0.2) is 24.3 Å². The average Bonchev–Trinajstić information content (AvgIpc) is 2.38. The Kier molecular flexibility index (Phi) is 4.48. The molecule has 2 rings (SSSR count). The Balaban J connectivity index is 2.01. The molecule has 0 aromatic heterocycles. The first-order valence-corrected chi connectivity index (χ1v) is 7.50. The first-order valence-electron chi connectivity index (χ1n) is 7.50. The van der Waals surface area contributed by atoms with Gasteiger partial charge in [-0.2, -0.15) is 0 Å². The Bertz CT molecular complexity index is 464. The molecular formula is C17H26N2O. The second-order valence-corrected chi connectivity index (χ2v) is 6.62. The van der Waals surface area contributed by atoms with Crippen LogP contribution in [0.3, 0.4) is 0 Å². The van der Waals surface area contributed by atoms with E-state index in [1.807, 2.05) is 6.92 Å². The lowest BCUT2D eigenvalue weighted by Gasteiger charge is -2.38. The third-order valence-corrected chi connectivity index (χ3v) is 4.33. The fraction of sp³-hybridized carbons (Fsp3) is 0.588. The van der Waals surface area contributed by atoms with Gasteiger partial charge in [-0.15, -0.1) is 0 Å². The lowest BCUT2D eigenvalue weighted by molar-refractivity contribution is -0.127. The van der Waals surface area contributed by atoms with Gasteiger partial charge in [0.2, 0.25) is 5.91 Å². The summed E-state index contributed by atoms with van der Waals surface area (Å²) in [4.78, 5) is 12.5. The van der Waals surface area contributed by atoms with Crippen molar-refractivity contribution in [1.29, 1.82) is 0 Å². The quantitative estimate of drug-likeness (QED) is 0.889. The van der Waals surface area contributed by atoms with E-state index >= 15 is 0 Å². The molecule has 2 N–H and O–H groups in total. The molecule has 110 valence electrons. The van der Waals surface area contributed by atoms with Crippen LogP contribution in [0, 0.1) is 12.3 Å². The molecule has 1 aromatic carbocycles. The third-order valence-electron chi connectivity index (χ3n) is 4.33. The molecule has 3 heteroatoms. The van der Waals surface area contributed by atoms with Gasteiger partial charge in [-0.25, -0.2) is 0 Å². The van der Waals surface area contributed by atoms with Crippen LogP contribution >= 0.6 is 0 Å². The molecule has 1 heterocycles. The number of rotatable bonds is 3. The van der Waals surface area contributed by atoms with Crippen LogP contribution in [0.5, 0.6) is 0 Å². The lowest BCUT2D eigenvalue weighted by Crippen LogP contribution is -2.55. The molecule has 2 atom stereocenters. The highest BCUT2D eigenvalue weighted by molar-refractivity contribution is 5.83. The van der Waals surface area contributed by atoms with E-state index in [1.54, 1.807) is 0 Å². The number of carbonyl (C=O) groups excluding carboxylic acids is 1. The molecule has 1 amide bonds. The summed E-state index contributed by atoms with van der Waals surface area (Å²) in [6, 6.07) is 8.29. The van der Waals surface area contributed by atoms with Gasteiger partial charge in [0.25, 0.3) is 0 Å². The second kappa shape index (κ2) is 5.96. The van der Waals surface area contributed by atoms with Crippen molar-refractivity contribution in [3.05, 3.63) is 35.4 Å². The van der Waals surface area contributed by atoms with Crippen LogP contribution in [-0.2, 0) is 4.79 Å². The zero-order valence-corrected chi connectivity index (χ0v) is 13.0. The van der Waals surface area contributed by atoms with Gasteiger partial charge in [0.05, 0.1) is 12.1 Å². The Hall–Kier alpha value is -1.35. The molecule has 0 radical (unpaired) electrons. The lowest BCUT2D eigenvalue weighted by atomic mass is 9.77. The summed E-state index contributed by atoms with van der Waals surface area (Å²) >= 11 is 0. The molecular weight excluding hydrogens is 248 g/mol. The second-order valence-electron chi connectivity index (χ2n) is 6.62. The van der Waals surface area contributed by atoms with E-state index in [-0.39, 0.29) is 23.4 Å². The van der Waals surface area contributed by atoms with E-state index < -0.39 is 0 Å². The van der Waals surface area contributed by atoms with Crippen molar-refractivity contribution < 1.29 is 4.79 Å². The number of piperidine rings is 1. The van der Waals surface area contributed by atoms with E-state index in [4.69, 9.17) is 0 Å². The van der Waals surface area contributed by atoms with E-state index in [0.29, 0.717) is 0 Å². The topological polar surface area (TPSA) is 41.1 Å². The van der Waals surface area contributed by atoms with Crippen molar-refractivity contribution in [3.63, 3.8) is 0 Å². The van der Waals surface area contributed by atoms with Crippen LogP contribution in [0.2, 0.25) is 0 Å². The predicted molar refractivity (Wildman–Crippen MR) is 82.5 cm³/mol. The molecule has 1 unspecified atom stereocenters. The van der Waals surface area contributed by atoms with E-state index in [2.05, 4.69) is 55.7 Å². The van der Waals surface area contributed by atoms with Crippen LogP contribution in [0.4, 0.5) is 0 Å². The summed E-state index contributed by atoms with van der Waals surface area (Å²) in [6.07, 6.45) is 2.24. The van der Waals surface area contributed by atoms with Crippen molar-refractivity contribution in [3.8, 4) is 0 Å². The maximum absolute atomic E-state index is 12.5. The largest absolute Gasteiger partial charge is 0.348 e. The summed E-state index contributed by atoms with van der Waals surface area (Å²) < 4.78 is 0. The molecule has 1 aromatic rings. The van der Waals surface area contributed by atoms with Gasteiger partial charge in [0.15, 0.2) is 0 Å². The summed E-state index contributed by atoms with van der Waals surface area (Å²) in [5.74, 6) is 0.114. The maximum Gasteiger partial charge on any atom is 0.238 e. The number of aryl methyl sites for hydroxylation is 1. The molecule has 0 bridgehead atoms. The molecule has 1 fully saturated rings. The maximum atomic E-state index is 12.5. The smallest absolute Gasteiger partial charge is 0.238 e. The van der Waals surface area contributed by atoms with Crippen molar-refractivity contribution in [2.24, 2.45) is 5.41 Å². The predicted octanol–water partition coefficient (Wildman–Crippen LogP) is 2.95. The Labute approximate surface area is 122 Å². The molecule has 1 aliphatic heterocycles. The van der Waals surface area contributed by atoms with Crippen LogP contribution in [-0.4, -0.2) is 18.5 Å². The fourth-order valence-corrected chi connectivity index (χ4v) is 2.89. The monoisotopic (exact) mass is 274 g/mol. The van der Waals surface area contributed by atoms with Crippen LogP contribution < -0.4 is 10.6 Å². The number of carbonyl (C=O) groups is 1. The molecule has 3 nitrogen and oxygen atoms in total. The van der Waals surface area contributed by atoms with Gasteiger partial charge in [0, 0.05) is 0 Å². The number of hydrogen-bond acceptors (Lipinski definition) is 2. The number of hydrogen-bond donors (Lipinski definition) is 2. The van der Waals surface area contributed by atoms with Crippen molar-refractivity contribution in [2.45, 2.75) is 52.6 Å². The third kappa shape index (κ3) is 3.40. The number of benzene rings is 1. The van der Waals surface area contributed by atoms with Gasteiger partial charge in [-0.05, 0) is 44.2 Å². The first kappa shape index (κ1) is 15.0. The summed E-state index contributed by atoms with van der Waals surface area (Å²) in [7, 11) is 0. The van der Waals surface area contributed by atoms with E-state index in [0.717, 1.165) is 24.9 Å². The van der Waals surface area contributed by atoms with Gasteiger partial charge in [0.1, 0.15) is 0 Å². The number of nitrogens with one attached hydrogen (secondary N) is 2. The highest BCUT2D eigenvalue weighted by atomic mass is 16.2. The van der Waals surface area contributed by atoms with Crippen LogP contribution in [0.1, 0.15) is 50.8 Å². The molecule has 0 saturated carbocycles. The standard InChI is InChI=1S/C17H26N2O/c1-12-6-8-14(9-7-12)13(2)19-16(20)15-17(3,4)10-5-11-18-15/h6-9,13,15,18H,5,10-11H2,1-4H3,(H,19,20)/t13-,15?/m1/s1. The molecule has 1 aliphatic rings. The van der Waals surface area contributed by atoms with Gasteiger partial charge >= 0.3 is 0 Å². The fourth-order valence-electron chi connectivity index (χ4n) is 2.89. The first-order chi connectivity index (χ1) is 9.40. The zero-order chi connectivity index (χ0) is 14.8. The highest BCUT2D eigenvalue weighted by Crippen LogP contribution is 2.30. The Morgan fingerprint density at radius 2 is 2.00 bits per heavy atom. The van der Waals surface area contributed by atoms with Gasteiger partial charge in [-0.1, -0.05) is 43.7 Å². The highest BCUT2D eigenvalue weighted by Gasteiger charge is 2.37. The van der Waals surface area contributed by atoms with Gasteiger partial charge < -0.3 is 10.6 Å². The summed E-state index contributed by atoms with van der Waals surface area (Å²) in [6.45, 7) is 9.38. The van der Waals surface area contributed by atoms with E-state index in [1.165, 1.54) is 5.56 Å². The van der Waals surface area contributed by atoms with Crippen molar-refractivity contribution >= 4 is 5.91 Å². The minimum absolute atomic E-state index is 0.0231.